The number of allylic oxidation sites excluding steroid dienone is 4. The molecular formula is C12H17N3O. The molecule has 0 saturated heterocycles. The van der Waals surface area contributed by atoms with E-state index in [-0.39, 0.29) is 5.69 Å². The fourth-order valence-corrected chi connectivity index (χ4v) is 1.34. The number of H-pyrrole nitrogens is 1. The lowest BCUT2D eigenvalue weighted by Gasteiger charge is -1.90. The Bertz CT molecular complexity index is 416. The van der Waals surface area contributed by atoms with Gasteiger partial charge in [-0.1, -0.05) is 30.7 Å². The van der Waals surface area contributed by atoms with E-state index in [1.807, 2.05) is 12.2 Å². The van der Waals surface area contributed by atoms with Crippen molar-refractivity contribution in [1.82, 2.24) is 9.97 Å². The number of aromatic nitrogens is 2. The Hall–Kier alpha value is -1.84. The summed E-state index contributed by atoms with van der Waals surface area (Å²) in [5.41, 5.74) is 6.60. The minimum Gasteiger partial charge on any atom is -0.364 e. The first kappa shape index (κ1) is 12.2. The van der Waals surface area contributed by atoms with Crippen LogP contribution < -0.4 is 5.73 Å². The van der Waals surface area contributed by atoms with E-state index in [2.05, 4.69) is 29.9 Å². The van der Waals surface area contributed by atoms with Crippen LogP contribution in [0.2, 0.25) is 0 Å². The Kier molecular flexibility index (Phi) is 4.51. The van der Waals surface area contributed by atoms with Crippen LogP contribution in [0, 0.1) is 0 Å². The average molecular weight is 219 g/mol. The molecule has 1 heterocycles. The summed E-state index contributed by atoms with van der Waals surface area (Å²) in [6, 6.07) is 0. The molecule has 0 radical (unpaired) electrons. The smallest absolute Gasteiger partial charge is 0.268 e. The van der Waals surface area contributed by atoms with Crippen molar-refractivity contribution in [2.24, 2.45) is 5.73 Å². The monoisotopic (exact) mass is 219 g/mol. The van der Waals surface area contributed by atoms with Crippen LogP contribution in [-0.4, -0.2) is 15.9 Å². The number of aromatic amines is 1. The van der Waals surface area contributed by atoms with Crippen LogP contribution in [0.1, 0.15) is 36.6 Å². The third kappa shape index (κ3) is 3.73. The zero-order chi connectivity index (χ0) is 12.0. The van der Waals surface area contributed by atoms with Crippen LogP contribution in [-0.2, 0) is 6.42 Å². The maximum absolute atomic E-state index is 10.8. The quantitative estimate of drug-likeness (QED) is 0.743. The van der Waals surface area contributed by atoms with E-state index >= 15 is 0 Å². The van der Waals surface area contributed by atoms with Crippen LogP contribution >= 0.6 is 0 Å². The van der Waals surface area contributed by atoms with Gasteiger partial charge in [-0.15, -0.1) is 0 Å². The number of nitrogens with one attached hydrogen (secondary N) is 1. The summed E-state index contributed by atoms with van der Waals surface area (Å²) in [5, 5.41) is 0. The van der Waals surface area contributed by atoms with Crippen molar-refractivity contribution in [2.45, 2.75) is 26.7 Å². The molecule has 1 aromatic rings. The Labute approximate surface area is 95.3 Å². The molecule has 0 aromatic carbocycles. The van der Waals surface area contributed by atoms with Gasteiger partial charge in [-0.05, 0) is 13.3 Å². The first-order valence-corrected chi connectivity index (χ1v) is 5.31. The predicted molar refractivity (Wildman–Crippen MR) is 64.0 cm³/mol. The first-order chi connectivity index (χ1) is 7.63. The third-order valence-electron chi connectivity index (χ3n) is 2.10. The van der Waals surface area contributed by atoms with Crippen molar-refractivity contribution in [1.29, 1.82) is 0 Å². The zero-order valence-corrected chi connectivity index (χ0v) is 9.66. The Balaban J connectivity index is 2.54. The van der Waals surface area contributed by atoms with Gasteiger partial charge < -0.3 is 10.7 Å². The highest BCUT2D eigenvalue weighted by molar-refractivity contribution is 5.90. The van der Waals surface area contributed by atoms with Gasteiger partial charge >= 0.3 is 0 Å². The fourth-order valence-electron chi connectivity index (χ4n) is 1.34. The van der Waals surface area contributed by atoms with Crippen molar-refractivity contribution in [2.75, 3.05) is 0 Å². The van der Waals surface area contributed by atoms with Crippen LogP contribution in [0.15, 0.2) is 30.0 Å². The van der Waals surface area contributed by atoms with Gasteiger partial charge in [0.05, 0.1) is 0 Å². The van der Waals surface area contributed by atoms with Gasteiger partial charge in [0.2, 0.25) is 0 Å². The van der Waals surface area contributed by atoms with Gasteiger partial charge in [0.15, 0.2) is 0 Å². The van der Waals surface area contributed by atoms with Crippen molar-refractivity contribution in [3.8, 4) is 0 Å². The van der Waals surface area contributed by atoms with Crippen molar-refractivity contribution >= 4 is 5.91 Å². The fraction of sp³-hybridized carbons (Fsp3) is 0.333. The van der Waals surface area contributed by atoms with E-state index in [4.69, 9.17) is 5.73 Å². The number of nitrogens with zero attached hydrogens (tertiary/aromatic N) is 1. The molecule has 0 aliphatic rings. The second-order valence-electron chi connectivity index (χ2n) is 3.56. The maximum Gasteiger partial charge on any atom is 0.268 e. The van der Waals surface area contributed by atoms with Crippen LogP contribution in [0.4, 0.5) is 0 Å². The number of nitrogens with two attached hydrogens (primary N) is 1. The minimum absolute atomic E-state index is 0.282. The van der Waals surface area contributed by atoms with Crippen LogP contribution in [0.3, 0.4) is 0 Å². The van der Waals surface area contributed by atoms with Crippen LogP contribution in [0.5, 0.6) is 0 Å². The summed E-state index contributed by atoms with van der Waals surface area (Å²) in [5.74, 6) is 0.239. The molecule has 4 heteroatoms. The molecule has 0 aliphatic carbocycles. The number of hydrogen-bond acceptors (Lipinski definition) is 2. The van der Waals surface area contributed by atoms with Gasteiger partial charge in [0.25, 0.3) is 5.91 Å². The predicted octanol–water partition coefficient (Wildman–Crippen LogP) is 1.96. The lowest BCUT2D eigenvalue weighted by atomic mass is 10.2. The van der Waals surface area contributed by atoms with E-state index in [1.54, 1.807) is 0 Å². The number of amides is 1. The summed E-state index contributed by atoms with van der Waals surface area (Å²) in [7, 11) is 0. The van der Waals surface area contributed by atoms with Gasteiger partial charge in [-0.25, -0.2) is 4.98 Å². The molecule has 1 aromatic heterocycles. The molecule has 0 bridgehead atoms. The molecule has 0 aliphatic heterocycles. The Morgan fingerprint density at radius 3 is 2.94 bits per heavy atom. The van der Waals surface area contributed by atoms with Gasteiger partial charge in [0, 0.05) is 12.6 Å². The molecule has 16 heavy (non-hydrogen) atoms. The van der Waals surface area contributed by atoms with Gasteiger partial charge in [-0.2, -0.15) is 0 Å². The largest absolute Gasteiger partial charge is 0.364 e. The highest BCUT2D eigenvalue weighted by Gasteiger charge is 2.04. The second-order valence-corrected chi connectivity index (χ2v) is 3.56. The SMILES string of the molecule is CCC=C(C)C=CCc1nc(C(N)=O)c[nH]1. The lowest BCUT2D eigenvalue weighted by Crippen LogP contribution is -2.11. The van der Waals surface area contributed by atoms with Crippen LogP contribution in [0.25, 0.3) is 0 Å². The molecule has 4 nitrogen and oxygen atoms in total. The summed E-state index contributed by atoms with van der Waals surface area (Å²) in [6.45, 7) is 4.15. The molecule has 1 amide bonds. The topological polar surface area (TPSA) is 71.8 Å². The van der Waals surface area contributed by atoms with E-state index in [1.165, 1.54) is 11.8 Å². The summed E-state index contributed by atoms with van der Waals surface area (Å²) < 4.78 is 0. The summed E-state index contributed by atoms with van der Waals surface area (Å²) in [6.07, 6.45) is 9.42. The van der Waals surface area contributed by atoms with Crippen molar-refractivity contribution in [3.05, 3.63) is 41.5 Å². The van der Waals surface area contributed by atoms with Crippen molar-refractivity contribution in [3.63, 3.8) is 0 Å². The molecule has 86 valence electrons. The number of carbonyl (C=O) groups excluding carboxylic acids is 1. The Morgan fingerprint density at radius 2 is 2.38 bits per heavy atom. The molecular weight excluding hydrogens is 202 g/mol. The van der Waals surface area contributed by atoms with E-state index < -0.39 is 5.91 Å². The number of imidazole rings is 1. The highest BCUT2D eigenvalue weighted by atomic mass is 16.1. The molecule has 0 atom stereocenters. The molecule has 3 N–H and O–H groups in total. The van der Waals surface area contributed by atoms with Crippen molar-refractivity contribution < 1.29 is 4.79 Å². The molecule has 0 saturated carbocycles. The van der Waals surface area contributed by atoms with E-state index in [9.17, 15) is 4.79 Å². The molecule has 0 unspecified atom stereocenters. The molecule has 0 spiro atoms. The summed E-state index contributed by atoms with van der Waals surface area (Å²) in [4.78, 5) is 17.8. The molecule has 1 rings (SSSR count). The Morgan fingerprint density at radius 1 is 1.62 bits per heavy atom. The zero-order valence-electron chi connectivity index (χ0n) is 9.66. The van der Waals surface area contributed by atoms with Gasteiger partial charge in [0.1, 0.15) is 11.5 Å². The second kappa shape index (κ2) is 5.90. The first-order valence-electron chi connectivity index (χ1n) is 5.31. The summed E-state index contributed by atoms with van der Waals surface area (Å²) >= 11 is 0. The third-order valence-corrected chi connectivity index (χ3v) is 2.10. The van der Waals surface area contributed by atoms with E-state index in [0.29, 0.717) is 6.42 Å². The average Bonchev–Trinajstić information content (AvgIpc) is 2.67. The van der Waals surface area contributed by atoms with E-state index in [0.717, 1.165) is 12.2 Å². The number of rotatable bonds is 5. The number of primary amides is 1. The minimum atomic E-state index is -0.506. The maximum atomic E-state index is 10.8. The standard InChI is InChI=1S/C12H17N3O/c1-3-5-9(2)6-4-7-11-14-8-10(15-11)12(13)16/h4-6,8H,3,7H2,1-2H3,(H2,13,16)(H,14,15). The number of hydrogen-bond donors (Lipinski definition) is 2. The lowest BCUT2D eigenvalue weighted by molar-refractivity contribution is 0.0996. The molecule has 0 fully saturated rings. The number of carbonyl (C=O) groups is 1. The normalized spacial score (nSPS) is 12.2. The van der Waals surface area contributed by atoms with Gasteiger partial charge in [-0.3, -0.25) is 4.79 Å². The highest BCUT2D eigenvalue weighted by Crippen LogP contribution is 2.01.